The van der Waals surface area contributed by atoms with Crippen LogP contribution in [0, 0.1) is 24.2 Å². The molecule has 114 valence electrons. The number of furan rings is 1. The predicted octanol–water partition coefficient (Wildman–Crippen LogP) is 3.37. The van der Waals surface area contributed by atoms with Crippen molar-refractivity contribution in [3.05, 3.63) is 23.2 Å². The van der Waals surface area contributed by atoms with Crippen LogP contribution in [0.15, 0.2) is 10.7 Å². The van der Waals surface area contributed by atoms with Crippen LogP contribution in [0.5, 0.6) is 0 Å². The third-order valence-electron chi connectivity index (χ3n) is 5.63. The number of esters is 1. The SMILES string of the molecule is CC(=O)OC1c2c(C)coc2CC2C(=O)CCC(C)C21C. The summed E-state index contributed by atoms with van der Waals surface area (Å²) in [5.41, 5.74) is 1.63. The molecule has 4 heteroatoms. The van der Waals surface area contributed by atoms with Crippen molar-refractivity contribution in [1.29, 1.82) is 0 Å². The summed E-state index contributed by atoms with van der Waals surface area (Å²) in [5, 5.41) is 0. The molecule has 4 nitrogen and oxygen atoms in total. The van der Waals surface area contributed by atoms with Crippen LogP contribution < -0.4 is 0 Å². The summed E-state index contributed by atoms with van der Waals surface area (Å²) in [6.07, 6.45) is 3.41. The minimum absolute atomic E-state index is 0.122. The fourth-order valence-corrected chi connectivity index (χ4v) is 4.17. The Kier molecular flexibility index (Phi) is 3.23. The molecule has 21 heavy (non-hydrogen) atoms. The molecule has 3 rings (SSSR count). The first-order chi connectivity index (χ1) is 9.85. The van der Waals surface area contributed by atoms with Crippen molar-refractivity contribution in [2.75, 3.05) is 0 Å². The minimum Gasteiger partial charge on any atom is -0.469 e. The van der Waals surface area contributed by atoms with Crippen LogP contribution in [0.2, 0.25) is 0 Å². The number of ether oxygens (including phenoxy) is 1. The summed E-state index contributed by atoms with van der Waals surface area (Å²) in [5.74, 6) is 0.977. The molecule has 1 aromatic rings. The number of rotatable bonds is 1. The van der Waals surface area contributed by atoms with E-state index in [2.05, 4.69) is 13.8 Å². The second-order valence-corrected chi connectivity index (χ2v) is 6.77. The Morgan fingerprint density at radius 2 is 2.19 bits per heavy atom. The lowest BCUT2D eigenvalue weighted by Gasteiger charge is -2.51. The number of hydrogen-bond acceptors (Lipinski definition) is 4. The molecule has 4 unspecified atom stereocenters. The number of Topliss-reactive ketones (excluding diaryl/α,β-unsaturated/α-hetero) is 1. The molecule has 1 saturated carbocycles. The number of ketones is 1. The van der Waals surface area contributed by atoms with Crippen LogP contribution in [0.25, 0.3) is 0 Å². The predicted molar refractivity (Wildman–Crippen MR) is 76.7 cm³/mol. The molecule has 0 aliphatic heterocycles. The first-order valence-corrected chi connectivity index (χ1v) is 7.62. The zero-order valence-electron chi connectivity index (χ0n) is 13.1. The molecule has 2 aliphatic rings. The van der Waals surface area contributed by atoms with E-state index < -0.39 is 0 Å². The monoisotopic (exact) mass is 290 g/mol. The highest BCUT2D eigenvalue weighted by Gasteiger charge is 2.57. The van der Waals surface area contributed by atoms with Crippen LogP contribution in [0.3, 0.4) is 0 Å². The minimum atomic E-state index is -0.387. The van der Waals surface area contributed by atoms with Crippen molar-refractivity contribution in [3.63, 3.8) is 0 Å². The normalized spacial score (nSPS) is 35.0. The van der Waals surface area contributed by atoms with E-state index in [0.717, 1.165) is 23.3 Å². The average molecular weight is 290 g/mol. The molecule has 0 N–H and O–H groups in total. The highest BCUT2D eigenvalue weighted by atomic mass is 16.5. The van der Waals surface area contributed by atoms with E-state index in [1.54, 1.807) is 6.26 Å². The Bertz CT molecular complexity index is 600. The number of aryl methyl sites for hydroxylation is 1. The maximum absolute atomic E-state index is 12.4. The lowest BCUT2D eigenvalue weighted by atomic mass is 9.54. The van der Waals surface area contributed by atoms with Gasteiger partial charge < -0.3 is 9.15 Å². The summed E-state index contributed by atoms with van der Waals surface area (Å²) in [4.78, 5) is 24.1. The Hall–Kier alpha value is -1.58. The van der Waals surface area contributed by atoms with Gasteiger partial charge in [-0.3, -0.25) is 9.59 Å². The van der Waals surface area contributed by atoms with E-state index in [1.165, 1.54) is 6.92 Å². The van der Waals surface area contributed by atoms with Gasteiger partial charge in [-0.2, -0.15) is 0 Å². The Morgan fingerprint density at radius 3 is 2.86 bits per heavy atom. The van der Waals surface area contributed by atoms with Gasteiger partial charge in [-0.05, 0) is 24.8 Å². The molecule has 1 fully saturated rings. The molecule has 0 bridgehead atoms. The second kappa shape index (κ2) is 4.72. The van der Waals surface area contributed by atoms with Gasteiger partial charge >= 0.3 is 5.97 Å². The third kappa shape index (κ3) is 1.95. The third-order valence-corrected chi connectivity index (χ3v) is 5.63. The second-order valence-electron chi connectivity index (χ2n) is 6.77. The average Bonchev–Trinajstić information content (AvgIpc) is 2.78. The van der Waals surface area contributed by atoms with Crippen molar-refractivity contribution in [3.8, 4) is 0 Å². The van der Waals surface area contributed by atoms with Crippen LogP contribution in [-0.2, 0) is 20.7 Å². The van der Waals surface area contributed by atoms with Gasteiger partial charge in [-0.1, -0.05) is 13.8 Å². The number of fused-ring (bicyclic) bond motifs is 2. The first-order valence-electron chi connectivity index (χ1n) is 7.62. The van der Waals surface area contributed by atoms with Crippen molar-refractivity contribution in [2.45, 2.75) is 53.1 Å². The highest BCUT2D eigenvalue weighted by molar-refractivity contribution is 5.83. The summed E-state index contributed by atoms with van der Waals surface area (Å²) in [6.45, 7) is 7.66. The van der Waals surface area contributed by atoms with Crippen molar-refractivity contribution in [1.82, 2.24) is 0 Å². The Balaban J connectivity index is 2.16. The van der Waals surface area contributed by atoms with Gasteiger partial charge in [0.25, 0.3) is 0 Å². The standard InChI is InChI=1S/C17H22O4/c1-9-8-20-14-7-12-13(19)6-5-10(2)17(12,4)16(15(9)14)21-11(3)18/h8,10,12,16H,5-7H2,1-4H3. The van der Waals surface area contributed by atoms with Crippen molar-refractivity contribution < 1.29 is 18.7 Å². The van der Waals surface area contributed by atoms with Gasteiger partial charge in [0.05, 0.1) is 6.26 Å². The highest BCUT2D eigenvalue weighted by Crippen LogP contribution is 2.58. The molecule has 4 atom stereocenters. The fraction of sp³-hybridized carbons (Fsp3) is 0.647. The zero-order chi connectivity index (χ0) is 15.4. The van der Waals surface area contributed by atoms with Crippen molar-refractivity contribution in [2.24, 2.45) is 17.3 Å². The molecule has 0 aromatic carbocycles. The molecule has 2 aliphatic carbocycles. The Labute approximate surface area is 124 Å². The fourth-order valence-electron chi connectivity index (χ4n) is 4.17. The molecule has 0 amide bonds. The first kappa shape index (κ1) is 14.4. The van der Waals surface area contributed by atoms with E-state index >= 15 is 0 Å². The van der Waals surface area contributed by atoms with Crippen LogP contribution in [0.4, 0.5) is 0 Å². The molecular formula is C17H22O4. The van der Waals surface area contributed by atoms with Crippen molar-refractivity contribution >= 4 is 11.8 Å². The lowest BCUT2D eigenvalue weighted by molar-refractivity contribution is -0.171. The van der Waals surface area contributed by atoms with Gasteiger partial charge in [0.1, 0.15) is 17.6 Å². The molecule has 0 radical (unpaired) electrons. The topological polar surface area (TPSA) is 56.5 Å². The van der Waals surface area contributed by atoms with Gasteiger partial charge in [-0.25, -0.2) is 0 Å². The van der Waals surface area contributed by atoms with Gasteiger partial charge in [0.2, 0.25) is 0 Å². The number of carbonyl (C=O) groups excluding carboxylic acids is 2. The Morgan fingerprint density at radius 1 is 1.48 bits per heavy atom. The molecule has 0 spiro atoms. The zero-order valence-corrected chi connectivity index (χ0v) is 13.1. The van der Waals surface area contributed by atoms with E-state index in [-0.39, 0.29) is 29.2 Å². The summed E-state index contributed by atoms with van der Waals surface area (Å²) in [7, 11) is 0. The van der Waals surface area contributed by atoms with E-state index in [0.29, 0.717) is 18.8 Å². The van der Waals surface area contributed by atoms with E-state index in [4.69, 9.17) is 9.15 Å². The van der Waals surface area contributed by atoms with E-state index in [1.807, 2.05) is 6.92 Å². The largest absolute Gasteiger partial charge is 0.469 e. The van der Waals surface area contributed by atoms with Crippen LogP contribution >= 0.6 is 0 Å². The lowest BCUT2D eigenvalue weighted by Crippen LogP contribution is -2.51. The van der Waals surface area contributed by atoms with Gasteiger partial charge in [-0.15, -0.1) is 0 Å². The van der Waals surface area contributed by atoms with Crippen LogP contribution in [-0.4, -0.2) is 11.8 Å². The quantitative estimate of drug-likeness (QED) is 0.744. The summed E-state index contributed by atoms with van der Waals surface area (Å²) >= 11 is 0. The smallest absolute Gasteiger partial charge is 0.303 e. The van der Waals surface area contributed by atoms with Gasteiger partial charge in [0.15, 0.2) is 0 Å². The molecule has 1 heterocycles. The number of hydrogen-bond donors (Lipinski definition) is 0. The number of carbonyl (C=O) groups is 2. The molecule has 1 aromatic heterocycles. The maximum Gasteiger partial charge on any atom is 0.303 e. The summed E-state index contributed by atoms with van der Waals surface area (Å²) < 4.78 is 11.3. The maximum atomic E-state index is 12.4. The van der Waals surface area contributed by atoms with E-state index in [9.17, 15) is 9.59 Å². The van der Waals surface area contributed by atoms with Crippen LogP contribution in [0.1, 0.15) is 56.6 Å². The molecular weight excluding hydrogens is 268 g/mol. The molecule has 0 saturated heterocycles. The summed E-state index contributed by atoms with van der Waals surface area (Å²) in [6, 6.07) is 0. The van der Waals surface area contributed by atoms with Gasteiger partial charge in [0, 0.05) is 36.7 Å².